The van der Waals surface area contributed by atoms with Crippen LogP contribution in [-0.4, -0.2) is 34.7 Å². The number of phenolic OH excluding ortho intramolecular Hbond substituents is 1. The molecule has 2 aliphatic heterocycles. The van der Waals surface area contributed by atoms with E-state index in [9.17, 15) is 9.90 Å². The normalized spacial score (nSPS) is 21.0. The van der Waals surface area contributed by atoms with Crippen molar-refractivity contribution in [1.29, 1.82) is 0 Å². The maximum atomic E-state index is 13.0. The predicted molar refractivity (Wildman–Crippen MR) is 108 cm³/mol. The predicted octanol–water partition coefficient (Wildman–Crippen LogP) is 4.39. The third-order valence-corrected chi connectivity index (χ3v) is 6.60. The van der Waals surface area contributed by atoms with Crippen molar-refractivity contribution < 1.29 is 9.90 Å². The molecule has 5 nitrogen and oxygen atoms in total. The maximum absolute atomic E-state index is 13.0. The zero-order valence-corrected chi connectivity index (χ0v) is 16.0. The first-order valence-electron chi connectivity index (χ1n) is 8.21. The van der Waals surface area contributed by atoms with Gasteiger partial charge in [0.05, 0.1) is 16.4 Å². The molecule has 0 radical (unpaired) electrons. The quantitative estimate of drug-likeness (QED) is 0.780. The number of hydrogen-bond acceptors (Lipinski definition) is 6. The number of nitrogens with zero attached hydrogens (tertiary/aromatic N) is 3. The Morgan fingerprint density at radius 1 is 1.12 bits per heavy atom. The number of amides is 1. The van der Waals surface area contributed by atoms with Crippen molar-refractivity contribution in [3.63, 3.8) is 0 Å². The van der Waals surface area contributed by atoms with Gasteiger partial charge in [0.15, 0.2) is 5.17 Å². The molecule has 0 spiro atoms. The van der Waals surface area contributed by atoms with Crippen LogP contribution in [0.4, 0.5) is 11.4 Å². The highest BCUT2D eigenvalue weighted by molar-refractivity contribution is 8.19. The number of aliphatic imine (C=N–C) groups is 1. The molecule has 2 aromatic carbocycles. The zero-order valence-electron chi connectivity index (χ0n) is 14.3. The average Bonchev–Trinajstić information content (AvgIpc) is 3.12. The summed E-state index contributed by atoms with van der Waals surface area (Å²) < 4.78 is 0. The number of carbonyl (C=O) groups excluding carboxylic acids is 1. The van der Waals surface area contributed by atoms with Crippen molar-refractivity contribution >= 4 is 46.0 Å². The number of anilines is 1. The molecule has 4 rings (SSSR count). The van der Waals surface area contributed by atoms with Gasteiger partial charge in [-0.05, 0) is 43.0 Å². The first-order chi connectivity index (χ1) is 12.6. The summed E-state index contributed by atoms with van der Waals surface area (Å²) in [5, 5.41) is 11.2. The average molecular weight is 383 g/mol. The molecule has 2 aliphatic rings. The highest BCUT2D eigenvalue weighted by Crippen LogP contribution is 2.49. The lowest BCUT2D eigenvalue weighted by atomic mass is 10.3. The Bertz CT molecular complexity index is 955. The smallest absolute Gasteiger partial charge is 0.269 e. The van der Waals surface area contributed by atoms with E-state index in [2.05, 4.69) is 22.0 Å². The summed E-state index contributed by atoms with van der Waals surface area (Å²) in [6, 6.07) is 14.9. The second-order valence-corrected chi connectivity index (χ2v) is 7.84. The SMILES string of the molecule is CCN1C(=O)C(=C2Sc3ccccc3N2C)SC1=Nc1cccc(O)c1. The molecule has 132 valence electrons. The molecule has 0 aromatic heterocycles. The first kappa shape index (κ1) is 17.1. The van der Waals surface area contributed by atoms with Crippen LogP contribution in [0.15, 0.2) is 68.4 Å². The van der Waals surface area contributed by atoms with Crippen LogP contribution in [0.3, 0.4) is 0 Å². The van der Waals surface area contributed by atoms with E-state index in [0.717, 1.165) is 15.6 Å². The van der Waals surface area contributed by atoms with Crippen molar-refractivity contribution in [3.05, 3.63) is 58.5 Å². The number of thioether (sulfide) groups is 2. The van der Waals surface area contributed by atoms with Crippen LogP contribution in [0.1, 0.15) is 6.92 Å². The van der Waals surface area contributed by atoms with Gasteiger partial charge in [0.1, 0.15) is 10.7 Å². The minimum absolute atomic E-state index is 0.0291. The first-order valence-corrected chi connectivity index (χ1v) is 9.84. The molecule has 0 bridgehead atoms. The molecule has 1 saturated heterocycles. The highest BCUT2D eigenvalue weighted by atomic mass is 32.2. The second kappa shape index (κ2) is 6.74. The summed E-state index contributed by atoms with van der Waals surface area (Å²) in [4.78, 5) is 23.1. The third kappa shape index (κ3) is 2.87. The van der Waals surface area contributed by atoms with E-state index in [0.29, 0.717) is 22.3 Å². The Labute approximate surface area is 160 Å². The summed E-state index contributed by atoms with van der Waals surface area (Å²) >= 11 is 3.00. The Balaban J connectivity index is 1.73. The minimum Gasteiger partial charge on any atom is -0.508 e. The van der Waals surface area contributed by atoms with E-state index >= 15 is 0 Å². The van der Waals surface area contributed by atoms with Crippen LogP contribution < -0.4 is 4.90 Å². The fourth-order valence-electron chi connectivity index (χ4n) is 2.87. The van der Waals surface area contributed by atoms with E-state index in [4.69, 9.17) is 0 Å². The number of hydrogen-bond donors (Lipinski definition) is 1. The molecule has 2 aromatic rings. The second-order valence-electron chi connectivity index (χ2n) is 5.83. The van der Waals surface area contributed by atoms with Crippen molar-refractivity contribution in [2.24, 2.45) is 4.99 Å². The standard InChI is InChI=1S/C19H17N3O2S2/c1-3-22-17(24)16(18-21(2)14-9-4-5-10-15(14)25-18)26-19(22)20-12-7-6-8-13(23)11-12/h4-11,23H,3H2,1-2H3. The van der Waals surface area contributed by atoms with Gasteiger partial charge in [0.25, 0.3) is 5.91 Å². The number of rotatable bonds is 2. The van der Waals surface area contributed by atoms with Crippen LogP contribution in [0.2, 0.25) is 0 Å². The number of para-hydroxylation sites is 1. The number of carbonyl (C=O) groups is 1. The lowest BCUT2D eigenvalue weighted by Gasteiger charge is -2.15. The lowest BCUT2D eigenvalue weighted by Crippen LogP contribution is -2.29. The molecule has 7 heteroatoms. The van der Waals surface area contributed by atoms with Gasteiger partial charge < -0.3 is 10.0 Å². The van der Waals surface area contributed by atoms with Crippen molar-refractivity contribution in [2.45, 2.75) is 11.8 Å². The van der Waals surface area contributed by atoms with E-state index in [1.165, 1.54) is 11.8 Å². The van der Waals surface area contributed by atoms with Crippen molar-refractivity contribution in [1.82, 2.24) is 4.90 Å². The maximum Gasteiger partial charge on any atom is 0.269 e. The summed E-state index contributed by atoms with van der Waals surface area (Å²) in [6.45, 7) is 2.48. The molecule has 2 heterocycles. The Kier molecular flexibility index (Phi) is 4.42. The van der Waals surface area contributed by atoms with Crippen molar-refractivity contribution in [2.75, 3.05) is 18.5 Å². The van der Waals surface area contributed by atoms with Crippen LogP contribution >= 0.6 is 23.5 Å². The number of phenols is 1. The topological polar surface area (TPSA) is 56.1 Å². The lowest BCUT2D eigenvalue weighted by molar-refractivity contribution is -0.122. The summed E-state index contributed by atoms with van der Waals surface area (Å²) in [5.41, 5.74) is 1.73. The Morgan fingerprint density at radius 3 is 2.65 bits per heavy atom. The Hall–Kier alpha value is -2.38. The van der Waals surface area contributed by atoms with Crippen LogP contribution in [0.5, 0.6) is 5.75 Å². The van der Waals surface area contributed by atoms with E-state index in [-0.39, 0.29) is 11.7 Å². The molecule has 1 amide bonds. The van der Waals surface area contributed by atoms with Crippen molar-refractivity contribution in [3.8, 4) is 5.75 Å². The van der Waals surface area contributed by atoms with Gasteiger partial charge in [-0.1, -0.05) is 30.0 Å². The van der Waals surface area contributed by atoms with Crippen LogP contribution in [0.25, 0.3) is 0 Å². The third-order valence-electron chi connectivity index (χ3n) is 4.17. The van der Waals surface area contributed by atoms with Crippen LogP contribution in [-0.2, 0) is 4.79 Å². The summed E-state index contributed by atoms with van der Waals surface area (Å²) in [6.07, 6.45) is 0. The van der Waals surface area contributed by atoms with Gasteiger partial charge in [-0.25, -0.2) is 4.99 Å². The van der Waals surface area contributed by atoms with Gasteiger partial charge in [-0.2, -0.15) is 0 Å². The van der Waals surface area contributed by atoms with E-state index in [1.807, 2.05) is 32.2 Å². The van der Waals surface area contributed by atoms with Gasteiger partial charge >= 0.3 is 0 Å². The fraction of sp³-hybridized carbons (Fsp3) is 0.158. The fourth-order valence-corrected chi connectivity index (χ4v) is 5.28. The molecule has 0 aliphatic carbocycles. The van der Waals surface area contributed by atoms with E-state index in [1.54, 1.807) is 34.9 Å². The summed E-state index contributed by atoms with van der Waals surface area (Å²) in [7, 11) is 1.98. The molecule has 26 heavy (non-hydrogen) atoms. The monoisotopic (exact) mass is 383 g/mol. The van der Waals surface area contributed by atoms with Gasteiger partial charge in [0.2, 0.25) is 0 Å². The zero-order chi connectivity index (χ0) is 18.3. The van der Waals surface area contributed by atoms with E-state index < -0.39 is 0 Å². The minimum atomic E-state index is -0.0291. The molecule has 0 unspecified atom stereocenters. The Morgan fingerprint density at radius 2 is 1.92 bits per heavy atom. The number of aromatic hydroxyl groups is 1. The number of fused-ring (bicyclic) bond motifs is 1. The number of benzene rings is 2. The number of amidine groups is 1. The van der Waals surface area contributed by atoms with Crippen LogP contribution in [0, 0.1) is 0 Å². The molecular weight excluding hydrogens is 366 g/mol. The molecule has 1 fully saturated rings. The summed E-state index contributed by atoms with van der Waals surface area (Å²) in [5.74, 6) is 0.128. The largest absolute Gasteiger partial charge is 0.508 e. The number of likely N-dealkylation sites (N-methyl/N-ethyl adjacent to an activating group) is 1. The molecular formula is C19H17N3O2S2. The van der Waals surface area contributed by atoms with Gasteiger partial charge in [-0.15, -0.1) is 0 Å². The van der Waals surface area contributed by atoms with Gasteiger partial charge in [-0.3, -0.25) is 9.69 Å². The molecule has 0 atom stereocenters. The molecule has 1 N–H and O–H groups in total. The molecule has 0 saturated carbocycles. The highest BCUT2D eigenvalue weighted by Gasteiger charge is 2.38. The van der Waals surface area contributed by atoms with Gasteiger partial charge in [0, 0.05) is 24.6 Å².